The minimum Gasteiger partial charge on any atom is -0.394 e. The number of aliphatic hydroxyl groups excluding tert-OH is 1. The molecule has 0 spiro atoms. The summed E-state index contributed by atoms with van der Waals surface area (Å²) >= 11 is 1.46. The number of carbonyl (C=O) groups excluding carboxylic acids is 2. The van der Waals surface area contributed by atoms with Gasteiger partial charge in [-0.25, -0.2) is 0 Å². The lowest BCUT2D eigenvalue weighted by Gasteiger charge is -2.16. The molecule has 1 aliphatic heterocycles. The number of benzene rings is 1. The molecule has 2 amide bonds. The fraction of sp³-hybridized carbons (Fsp3) is 0.385. The standard InChI is InChI=1S/C13H16N2O4S/c16-4-6-19-5-3-14-13(18)9-1-2-11-10(7-9)15-12(17)8-20-11/h1-2,7,16H,3-6,8H2,(H,14,18)(H,15,17). The molecule has 0 radical (unpaired) electrons. The fourth-order valence-corrected chi connectivity index (χ4v) is 2.52. The number of thioether (sulfide) groups is 1. The van der Waals surface area contributed by atoms with Gasteiger partial charge in [-0.2, -0.15) is 0 Å². The van der Waals surface area contributed by atoms with Gasteiger partial charge in [-0.3, -0.25) is 9.59 Å². The molecule has 1 aromatic carbocycles. The number of amides is 2. The van der Waals surface area contributed by atoms with Gasteiger partial charge in [0.1, 0.15) is 0 Å². The number of hydrogen-bond acceptors (Lipinski definition) is 5. The van der Waals surface area contributed by atoms with Crippen LogP contribution >= 0.6 is 11.8 Å². The van der Waals surface area contributed by atoms with Crippen LogP contribution < -0.4 is 10.6 Å². The number of ether oxygens (including phenoxy) is 1. The van der Waals surface area contributed by atoms with Gasteiger partial charge in [-0.15, -0.1) is 11.8 Å². The Labute approximate surface area is 120 Å². The minimum atomic E-state index is -0.217. The first kappa shape index (κ1) is 14.8. The Kier molecular flexibility index (Phi) is 5.40. The first-order valence-corrected chi connectivity index (χ1v) is 7.23. The van der Waals surface area contributed by atoms with Gasteiger partial charge in [0, 0.05) is 17.0 Å². The summed E-state index contributed by atoms with van der Waals surface area (Å²) in [7, 11) is 0. The highest BCUT2D eigenvalue weighted by molar-refractivity contribution is 8.00. The van der Waals surface area contributed by atoms with Crippen LogP contribution in [-0.2, 0) is 9.53 Å². The Morgan fingerprint density at radius 1 is 1.45 bits per heavy atom. The lowest BCUT2D eigenvalue weighted by molar-refractivity contribution is -0.113. The molecule has 0 bridgehead atoms. The molecule has 108 valence electrons. The molecule has 6 nitrogen and oxygen atoms in total. The molecule has 0 unspecified atom stereocenters. The Morgan fingerprint density at radius 3 is 3.10 bits per heavy atom. The second-order valence-electron chi connectivity index (χ2n) is 4.14. The third-order valence-electron chi connectivity index (χ3n) is 2.64. The minimum absolute atomic E-state index is 0.0316. The van der Waals surface area contributed by atoms with Crippen molar-refractivity contribution in [2.75, 3.05) is 37.4 Å². The van der Waals surface area contributed by atoms with E-state index in [1.54, 1.807) is 12.1 Å². The molecule has 0 saturated carbocycles. The van der Waals surface area contributed by atoms with Crippen LogP contribution in [0.3, 0.4) is 0 Å². The third kappa shape index (κ3) is 3.96. The number of fused-ring (bicyclic) bond motifs is 1. The average molecular weight is 296 g/mol. The number of hydrogen-bond donors (Lipinski definition) is 3. The Hall–Kier alpha value is -1.57. The summed E-state index contributed by atoms with van der Waals surface area (Å²) in [5.74, 6) is 0.128. The lowest BCUT2D eigenvalue weighted by Crippen LogP contribution is -2.28. The van der Waals surface area contributed by atoms with E-state index in [1.165, 1.54) is 11.8 Å². The smallest absolute Gasteiger partial charge is 0.251 e. The summed E-state index contributed by atoms with van der Waals surface area (Å²) in [6.07, 6.45) is 0. The Bertz CT molecular complexity index is 507. The topological polar surface area (TPSA) is 87.7 Å². The lowest BCUT2D eigenvalue weighted by atomic mass is 10.2. The van der Waals surface area contributed by atoms with Crippen LogP contribution in [0.25, 0.3) is 0 Å². The van der Waals surface area contributed by atoms with Gasteiger partial charge in [0.15, 0.2) is 0 Å². The monoisotopic (exact) mass is 296 g/mol. The van der Waals surface area contributed by atoms with E-state index in [9.17, 15) is 9.59 Å². The fourth-order valence-electron chi connectivity index (χ4n) is 1.73. The molecule has 2 rings (SSSR count). The van der Waals surface area contributed by atoms with E-state index >= 15 is 0 Å². The van der Waals surface area contributed by atoms with Crippen molar-refractivity contribution in [1.82, 2.24) is 5.32 Å². The molecule has 0 atom stereocenters. The highest BCUT2D eigenvalue weighted by Gasteiger charge is 2.17. The van der Waals surface area contributed by atoms with Gasteiger partial charge in [0.2, 0.25) is 5.91 Å². The van der Waals surface area contributed by atoms with Crippen molar-refractivity contribution in [2.45, 2.75) is 4.90 Å². The van der Waals surface area contributed by atoms with Crippen molar-refractivity contribution in [3.05, 3.63) is 23.8 Å². The van der Waals surface area contributed by atoms with Gasteiger partial charge in [0.25, 0.3) is 5.91 Å². The second-order valence-corrected chi connectivity index (χ2v) is 5.16. The SMILES string of the molecule is O=C1CSc2ccc(C(=O)NCCOCCO)cc2N1. The predicted molar refractivity (Wildman–Crippen MR) is 76.0 cm³/mol. The van der Waals surface area contributed by atoms with E-state index in [1.807, 2.05) is 6.07 Å². The summed E-state index contributed by atoms with van der Waals surface area (Å²) in [6, 6.07) is 5.23. The van der Waals surface area contributed by atoms with Gasteiger partial charge in [0.05, 0.1) is 31.3 Å². The van der Waals surface area contributed by atoms with Crippen LogP contribution in [-0.4, -0.2) is 49.0 Å². The van der Waals surface area contributed by atoms with Gasteiger partial charge < -0.3 is 20.5 Å². The summed E-state index contributed by atoms with van der Waals surface area (Å²) in [4.78, 5) is 24.2. The third-order valence-corrected chi connectivity index (χ3v) is 3.72. The number of anilines is 1. The van der Waals surface area contributed by atoms with Crippen LogP contribution in [0.2, 0.25) is 0 Å². The number of rotatable bonds is 6. The van der Waals surface area contributed by atoms with Crippen molar-refractivity contribution in [3.63, 3.8) is 0 Å². The zero-order chi connectivity index (χ0) is 14.4. The van der Waals surface area contributed by atoms with Gasteiger partial charge in [-0.1, -0.05) is 0 Å². The largest absolute Gasteiger partial charge is 0.394 e. The zero-order valence-corrected chi connectivity index (χ0v) is 11.7. The molecule has 0 saturated heterocycles. The molecule has 7 heteroatoms. The molecular weight excluding hydrogens is 280 g/mol. The van der Waals surface area contributed by atoms with Crippen molar-refractivity contribution < 1.29 is 19.4 Å². The van der Waals surface area contributed by atoms with Crippen molar-refractivity contribution >= 4 is 29.3 Å². The second kappa shape index (κ2) is 7.28. The van der Waals surface area contributed by atoms with E-state index in [-0.39, 0.29) is 25.0 Å². The van der Waals surface area contributed by atoms with Gasteiger partial charge >= 0.3 is 0 Å². The van der Waals surface area contributed by atoms with Crippen molar-refractivity contribution in [2.24, 2.45) is 0 Å². The first-order valence-electron chi connectivity index (χ1n) is 6.24. The molecule has 3 N–H and O–H groups in total. The average Bonchev–Trinajstić information content (AvgIpc) is 2.46. The number of nitrogens with one attached hydrogen (secondary N) is 2. The van der Waals surface area contributed by atoms with Crippen LogP contribution in [0.4, 0.5) is 5.69 Å². The maximum atomic E-state index is 11.9. The Balaban J connectivity index is 1.90. The normalized spacial score (nSPS) is 13.6. The molecule has 0 aromatic heterocycles. The molecule has 0 fully saturated rings. The van der Waals surface area contributed by atoms with Crippen LogP contribution in [0.15, 0.2) is 23.1 Å². The van der Waals surface area contributed by atoms with E-state index in [0.29, 0.717) is 30.2 Å². The summed E-state index contributed by atoms with van der Waals surface area (Å²) in [5.41, 5.74) is 1.17. The molecular formula is C13H16N2O4S. The maximum Gasteiger partial charge on any atom is 0.251 e. The van der Waals surface area contributed by atoms with E-state index in [0.717, 1.165) is 4.90 Å². The Morgan fingerprint density at radius 2 is 2.30 bits per heavy atom. The van der Waals surface area contributed by atoms with E-state index in [2.05, 4.69) is 10.6 Å². The molecule has 0 aliphatic carbocycles. The molecule has 1 heterocycles. The van der Waals surface area contributed by atoms with E-state index < -0.39 is 0 Å². The highest BCUT2D eigenvalue weighted by atomic mass is 32.2. The molecule has 1 aliphatic rings. The zero-order valence-electron chi connectivity index (χ0n) is 10.8. The predicted octanol–water partition coefficient (Wildman–Crippen LogP) is 0.469. The van der Waals surface area contributed by atoms with Crippen molar-refractivity contribution in [1.29, 1.82) is 0 Å². The molecule has 20 heavy (non-hydrogen) atoms. The van der Waals surface area contributed by atoms with Gasteiger partial charge in [-0.05, 0) is 18.2 Å². The highest BCUT2D eigenvalue weighted by Crippen LogP contribution is 2.31. The first-order chi connectivity index (χ1) is 9.70. The maximum absolute atomic E-state index is 11.9. The van der Waals surface area contributed by atoms with Crippen LogP contribution in [0.5, 0.6) is 0 Å². The summed E-state index contributed by atoms with van der Waals surface area (Å²) in [5, 5.41) is 14.0. The quantitative estimate of drug-likeness (QED) is 0.664. The van der Waals surface area contributed by atoms with Crippen LogP contribution in [0, 0.1) is 0 Å². The summed E-state index contributed by atoms with van der Waals surface area (Å²) < 4.78 is 5.05. The summed E-state index contributed by atoms with van der Waals surface area (Å²) in [6.45, 7) is 0.953. The number of carbonyl (C=O) groups is 2. The van der Waals surface area contributed by atoms with Crippen molar-refractivity contribution in [3.8, 4) is 0 Å². The number of aliphatic hydroxyl groups is 1. The van der Waals surface area contributed by atoms with E-state index in [4.69, 9.17) is 9.84 Å². The molecule has 1 aromatic rings. The van der Waals surface area contributed by atoms with Crippen LogP contribution in [0.1, 0.15) is 10.4 Å².